The van der Waals surface area contributed by atoms with E-state index in [2.05, 4.69) is 0 Å². The molecule has 2 heterocycles. The summed E-state index contributed by atoms with van der Waals surface area (Å²) < 4.78 is 15.9. The molecule has 5 heteroatoms. The minimum absolute atomic E-state index is 0.0977. The number of carbonyl (C=O) groups is 1. The van der Waals surface area contributed by atoms with Crippen molar-refractivity contribution in [3.8, 4) is 5.69 Å². The number of para-hydroxylation sites is 1. The number of halogens is 1. The highest BCUT2D eigenvalue weighted by atomic mass is 19.1. The average molecular weight is 316 g/mol. The van der Waals surface area contributed by atoms with E-state index in [1.165, 1.54) is 6.07 Å². The molecule has 0 aliphatic carbocycles. The second kappa shape index (κ2) is 6.16. The summed E-state index contributed by atoms with van der Waals surface area (Å²) in [5.41, 5.74) is 2.55. The van der Waals surface area contributed by atoms with Gasteiger partial charge in [-0.15, -0.1) is 0 Å². The zero-order chi connectivity index (χ0) is 16.6. The summed E-state index contributed by atoms with van der Waals surface area (Å²) in [4.78, 5) is 14.4. The maximum absolute atomic E-state index is 14.1. The second-order valence-corrected chi connectivity index (χ2v) is 6.12. The number of aromatic nitrogens is 1. The Kier molecular flexibility index (Phi) is 4.22. The van der Waals surface area contributed by atoms with Crippen LogP contribution in [-0.4, -0.2) is 39.7 Å². The number of benzene rings is 1. The molecule has 1 N–H and O–H groups in total. The number of hydrogen-bond donors (Lipinski definition) is 1. The van der Waals surface area contributed by atoms with Gasteiger partial charge in [-0.25, -0.2) is 4.39 Å². The van der Waals surface area contributed by atoms with Crippen molar-refractivity contribution in [3.05, 3.63) is 53.1 Å². The Balaban J connectivity index is 1.98. The first-order chi connectivity index (χ1) is 11.0. The summed E-state index contributed by atoms with van der Waals surface area (Å²) in [6.45, 7) is 4.70. The van der Waals surface area contributed by atoms with Crippen LogP contribution in [0.15, 0.2) is 30.3 Å². The molecule has 1 unspecified atom stereocenters. The van der Waals surface area contributed by atoms with Crippen molar-refractivity contribution in [2.45, 2.75) is 32.8 Å². The lowest BCUT2D eigenvalue weighted by atomic mass is 10.1. The molecule has 122 valence electrons. The first-order valence-corrected chi connectivity index (χ1v) is 7.90. The Morgan fingerprint density at radius 1 is 1.30 bits per heavy atom. The molecule has 0 bridgehead atoms. The van der Waals surface area contributed by atoms with Crippen molar-refractivity contribution >= 4 is 5.91 Å². The number of aryl methyl sites for hydroxylation is 1. The number of piperidine rings is 1. The van der Waals surface area contributed by atoms with Gasteiger partial charge >= 0.3 is 0 Å². The van der Waals surface area contributed by atoms with Crippen molar-refractivity contribution in [1.29, 1.82) is 0 Å². The highest BCUT2D eigenvalue weighted by Gasteiger charge is 2.26. The Labute approximate surface area is 135 Å². The van der Waals surface area contributed by atoms with Crippen LogP contribution in [0.2, 0.25) is 0 Å². The normalized spacial score (nSPS) is 18.3. The monoisotopic (exact) mass is 316 g/mol. The van der Waals surface area contributed by atoms with Gasteiger partial charge in [0.25, 0.3) is 5.91 Å². The lowest BCUT2D eigenvalue weighted by Gasteiger charge is -2.30. The predicted molar refractivity (Wildman–Crippen MR) is 86.3 cm³/mol. The van der Waals surface area contributed by atoms with E-state index in [1.54, 1.807) is 33.7 Å². The van der Waals surface area contributed by atoms with Crippen LogP contribution in [0, 0.1) is 19.7 Å². The smallest absolute Gasteiger partial charge is 0.255 e. The standard InChI is InChI=1S/C18H21FN2O2/c1-12-10-15(18(23)20-9-5-6-14(22)11-20)13(2)21(12)17-8-4-3-7-16(17)19/h3-4,7-8,10,14,22H,5-6,9,11H2,1-2H3. The first-order valence-electron chi connectivity index (χ1n) is 7.90. The fourth-order valence-electron chi connectivity index (χ4n) is 3.29. The molecule has 1 atom stereocenters. The molecule has 0 spiro atoms. The molecule has 1 amide bonds. The third-order valence-corrected chi connectivity index (χ3v) is 4.44. The van der Waals surface area contributed by atoms with Gasteiger partial charge in [0.1, 0.15) is 5.82 Å². The van der Waals surface area contributed by atoms with E-state index >= 15 is 0 Å². The third-order valence-electron chi connectivity index (χ3n) is 4.44. The van der Waals surface area contributed by atoms with Crippen molar-refractivity contribution in [2.24, 2.45) is 0 Å². The number of aliphatic hydroxyl groups excluding tert-OH is 1. The van der Waals surface area contributed by atoms with E-state index in [9.17, 15) is 14.3 Å². The SMILES string of the molecule is Cc1cc(C(=O)N2CCCC(O)C2)c(C)n1-c1ccccc1F. The van der Waals surface area contributed by atoms with Crippen LogP contribution in [0.3, 0.4) is 0 Å². The van der Waals surface area contributed by atoms with E-state index in [4.69, 9.17) is 0 Å². The number of nitrogens with zero attached hydrogens (tertiary/aromatic N) is 2. The van der Waals surface area contributed by atoms with Gasteiger partial charge in [-0.2, -0.15) is 0 Å². The van der Waals surface area contributed by atoms with Crippen LogP contribution in [0.5, 0.6) is 0 Å². The third kappa shape index (κ3) is 2.88. The second-order valence-electron chi connectivity index (χ2n) is 6.12. The number of amides is 1. The zero-order valence-electron chi connectivity index (χ0n) is 13.4. The molecular weight excluding hydrogens is 295 g/mol. The van der Waals surface area contributed by atoms with Gasteiger partial charge < -0.3 is 14.6 Å². The lowest BCUT2D eigenvalue weighted by Crippen LogP contribution is -2.42. The minimum Gasteiger partial charge on any atom is -0.391 e. The Hall–Kier alpha value is -2.14. The van der Waals surface area contributed by atoms with Crippen LogP contribution in [-0.2, 0) is 0 Å². The fourth-order valence-corrected chi connectivity index (χ4v) is 3.29. The molecule has 1 aliphatic heterocycles. The number of carbonyl (C=O) groups excluding carboxylic acids is 1. The van der Waals surface area contributed by atoms with Crippen LogP contribution in [0.4, 0.5) is 4.39 Å². The summed E-state index contributed by atoms with van der Waals surface area (Å²) in [6, 6.07) is 8.34. The highest BCUT2D eigenvalue weighted by Crippen LogP contribution is 2.24. The first kappa shape index (κ1) is 15.7. The minimum atomic E-state index is -0.456. The summed E-state index contributed by atoms with van der Waals surface area (Å²) in [5.74, 6) is -0.416. The van der Waals surface area contributed by atoms with E-state index in [0.29, 0.717) is 24.3 Å². The van der Waals surface area contributed by atoms with Crippen LogP contribution >= 0.6 is 0 Å². The number of β-amino-alcohol motifs (C(OH)–C–C–N with tert-alkyl or cyclic N) is 1. The van der Waals surface area contributed by atoms with Crippen molar-refractivity contribution < 1.29 is 14.3 Å². The summed E-state index contributed by atoms with van der Waals surface area (Å²) in [6.07, 6.45) is 1.08. The highest BCUT2D eigenvalue weighted by molar-refractivity contribution is 5.96. The number of rotatable bonds is 2. The predicted octanol–water partition coefficient (Wildman–Crippen LogP) is 2.83. The van der Waals surface area contributed by atoms with Gasteiger partial charge in [0, 0.05) is 24.5 Å². The van der Waals surface area contributed by atoms with Crippen LogP contribution in [0.1, 0.15) is 34.6 Å². The molecule has 0 radical (unpaired) electrons. The van der Waals surface area contributed by atoms with Crippen molar-refractivity contribution in [3.63, 3.8) is 0 Å². The number of aliphatic hydroxyl groups is 1. The maximum Gasteiger partial charge on any atom is 0.255 e. The number of hydrogen-bond acceptors (Lipinski definition) is 2. The molecule has 2 aromatic rings. The summed E-state index contributed by atoms with van der Waals surface area (Å²) >= 11 is 0. The molecule has 3 rings (SSSR count). The molecule has 4 nitrogen and oxygen atoms in total. The Morgan fingerprint density at radius 3 is 2.74 bits per heavy atom. The molecule has 1 saturated heterocycles. The maximum atomic E-state index is 14.1. The van der Waals surface area contributed by atoms with Crippen LogP contribution in [0.25, 0.3) is 5.69 Å². The summed E-state index contributed by atoms with van der Waals surface area (Å²) in [5, 5.41) is 9.77. The van der Waals surface area contributed by atoms with E-state index in [1.807, 2.05) is 13.8 Å². The molecule has 23 heavy (non-hydrogen) atoms. The van der Waals surface area contributed by atoms with E-state index in [-0.39, 0.29) is 11.7 Å². The molecule has 1 aromatic heterocycles. The van der Waals surface area contributed by atoms with Gasteiger partial charge in [0.2, 0.25) is 0 Å². The van der Waals surface area contributed by atoms with Crippen molar-refractivity contribution in [1.82, 2.24) is 9.47 Å². The van der Waals surface area contributed by atoms with E-state index < -0.39 is 6.10 Å². The van der Waals surface area contributed by atoms with Gasteiger partial charge in [-0.3, -0.25) is 4.79 Å². The molecule has 1 aliphatic rings. The van der Waals surface area contributed by atoms with E-state index in [0.717, 1.165) is 24.2 Å². The topological polar surface area (TPSA) is 45.5 Å². The largest absolute Gasteiger partial charge is 0.391 e. The number of likely N-dealkylation sites (tertiary alicyclic amines) is 1. The fraction of sp³-hybridized carbons (Fsp3) is 0.389. The molecule has 1 aromatic carbocycles. The zero-order valence-corrected chi connectivity index (χ0v) is 13.4. The van der Waals surface area contributed by atoms with Crippen LogP contribution < -0.4 is 0 Å². The average Bonchev–Trinajstić information content (AvgIpc) is 2.82. The quantitative estimate of drug-likeness (QED) is 0.926. The summed E-state index contributed by atoms with van der Waals surface area (Å²) in [7, 11) is 0. The van der Waals surface area contributed by atoms with Gasteiger partial charge in [0.05, 0.1) is 17.4 Å². The molecule has 1 fully saturated rings. The van der Waals surface area contributed by atoms with Gasteiger partial charge in [0.15, 0.2) is 0 Å². The molecular formula is C18H21FN2O2. The molecule has 0 saturated carbocycles. The van der Waals surface area contributed by atoms with Crippen molar-refractivity contribution in [2.75, 3.05) is 13.1 Å². The van der Waals surface area contributed by atoms with Gasteiger partial charge in [-0.05, 0) is 44.9 Å². The Morgan fingerprint density at radius 2 is 2.04 bits per heavy atom. The lowest BCUT2D eigenvalue weighted by molar-refractivity contribution is 0.0473. The van der Waals surface area contributed by atoms with Gasteiger partial charge in [-0.1, -0.05) is 12.1 Å². The Bertz CT molecular complexity index is 739.